The first-order chi connectivity index (χ1) is 6.75. The van der Waals surface area contributed by atoms with Crippen LogP contribution >= 0.6 is 0 Å². The van der Waals surface area contributed by atoms with E-state index in [1.54, 1.807) is 6.07 Å². The summed E-state index contributed by atoms with van der Waals surface area (Å²) in [5.41, 5.74) is 1.82. The van der Waals surface area contributed by atoms with Crippen LogP contribution in [-0.4, -0.2) is 12.8 Å². The van der Waals surface area contributed by atoms with Crippen molar-refractivity contribution >= 4 is 5.97 Å². The molecule has 0 aromatic heterocycles. The van der Waals surface area contributed by atoms with Crippen LogP contribution in [-0.2, 0) is 11.2 Å². The Morgan fingerprint density at radius 1 is 1.36 bits per heavy atom. The van der Waals surface area contributed by atoms with Gasteiger partial charge in [0, 0.05) is 11.9 Å². The Labute approximate surface area is 80.1 Å². The van der Waals surface area contributed by atoms with Crippen molar-refractivity contribution in [1.82, 2.24) is 0 Å². The molecule has 1 aliphatic carbocycles. The number of benzene rings is 1. The second kappa shape index (κ2) is 2.41. The number of carboxylic acids is 1. The van der Waals surface area contributed by atoms with Crippen molar-refractivity contribution in [2.45, 2.75) is 12.3 Å². The van der Waals surface area contributed by atoms with E-state index in [-0.39, 0.29) is 6.79 Å². The Balaban J connectivity index is 2.06. The van der Waals surface area contributed by atoms with Crippen LogP contribution in [0.1, 0.15) is 17.0 Å². The van der Waals surface area contributed by atoms with Gasteiger partial charge in [-0.25, -0.2) is 0 Å². The summed E-state index contributed by atoms with van der Waals surface area (Å²) in [6, 6.07) is 3.58. The Morgan fingerprint density at radius 2 is 2.07 bits per heavy atom. The number of carbonyl (C=O) groups excluding carboxylic acids is 1. The predicted octanol–water partition coefficient (Wildman–Crippen LogP) is -0.195. The van der Waals surface area contributed by atoms with Crippen LogP contribution < -0.4 is 14.6 Å². The highest BCUT2D eigenvalue weighted by Gasteiger charge is 2.30. The molecule has 1 heterocycles. The van der Waals surface area contributed by atoms with Crippen molar-refractivity contribution < 1.29 is 19.4 Å². The summed E-state index contributed by atoms with van der Waals surface area (Å²) in [7, 11) is 0. The molecule has 0 saturated heterocycles. The van der Waals surface area contributed by atoms with Crippen molar-refractivity contribution in [3.05, 3.63) is 23.3 Å². The van der Waals surface area contributed by atoms with E-state index in [1.165, 1.54) is 0 Å². The molecular weight excluding hydrogens is 184 g/mol. The Bertz CT molecular complexity index is 424. The fourth-order valence-corrected chi connectivity index (χ4v) is 1.91. The van der Waals surface area contributed by atoms with Gasteiger partial charge in [0.25, 0.3) is 0 Å². The van der Waals surface area contributed by atoms with Crippen LogP contribution in [0.15, 0.2) is 12.1 Å². The maximum absolute atomic E-state index is 10.7. The number of hydrogen-bond donors (Lipinski definition) is 0. The lowest BCUT2D eigenvalue weighted by atomic mass is 9.77. The molecule has 2 aliphatic rings. The first-order valence-electron chi connectivity index (χ1n) is 4.39. The molecule has 0 spiro atoms. The summed E-state index contributed by atoms with van der Waals surface area (Å²) in [6.07, 6.45) is 0.536. The molecule has 0 radical (unpaired) electrons. The minimum atomic E-state index is -1.02. The van der Waals surface area contributed by atoms with Gasteiger partial charge in [0.15, 0.2) is 11.5 Å². The second-order valence-corrected chi connectivity index (χ2v) is 3.48. The molecule has 0 bridgehead atoms. The smallest absolute Gasteiger partial charge is 0.231 e. The number of carbonyl (C=O) groups is 1. The maximum atomic E-state index is 10.7. The van der Waals surface area contributed by atoms with Gasteiger partial charge in [-0.05, 0) is 29.7 Å². The monoisotopic (exact) mass is 191 g/mol. The number of aliphatic carboxylic acids is 1. The van der Waals surface area contributed by atoms with Gasteiger partial charge in [-0.15, -0.1) is 0 Å². The van der Waals surface area contributed by atoms with Gasteiger partial charge in [0.05, 0.1) is 0 Å². The average Bonchev–Trinajstić information content (AvgIpc) is 2.54. The molecule has 4 heteroatoms. The van der Waals surface area contributed by atoms with Gasteiger partial charge in [0.2, 0.25) is 6.79 Å². The minimum Gasteiger partial charge on any atom is -0.549 e. The third-order valence-electron chi connectivity index (χ3n) is 2.72. The molecule has 1 aromatic rings. The Morgan fingerprint density at radius 3 is 2.79 bits per heavy atom. The topological polar surface area (TPSA) is 58.6 Å². The normalized spacial score (nSPS) is 21.3. The fraction of sp³-hybridized carbons (Fsp3) is 0.300. The molecule has 0 amide bonds. The van der Waals surface area contributed by atoms with Crippen molar-refractivity contribution in [3.63, 3.8) is 0 Å². The van der Waals surface area contributed by atoms with E-state index in [2.05, 4.69) is 0 Å². The van der Waals surface area contributed by atoms with E-state index >= 15 is 0 Å². The van der Waals surface area contributed by atoms with E-state index in [0.717, 1.165) is 11.1 Å². The van der Waals surface area contributed by atoms with Crippen molar-refractivity contribution in [1.29, 1.82) is 0 Å². The largest absolute Gasteiger partial charge is 0.549 e. The van der Waals surface area contributed by atoms with Crippen LogP contribution in [0.4, 0.5) is 0 Å². The zero-order valence-corrected chi connectivity index (χ0v) is 7.28. The van der Waals surface area contributed by atoms with E-state index < -0.39 is 11.9 Å². The molecule has 1 atom stereocenters. The number of rotatable bonds is 1. The Hall–Kier alpha value is -1.71. The van der Waals surface area contributed by atoms with Crippen LogP contribution in [0.3, 0.4) is 0 Å². The van der Waals surface area contributed by atoms with Gasteiger partial charge in [-0.2, -0.15) is 0 Å². The number of carboxylic acid groups (broad SMARTS) is 1. The molecule has 4 nitrogen and oxygen atoms in total. The molecule has 0 N–H and O–H groups in total. The molecule has 1 aliphatic heterocycles. The van der Waals surface area contributed by atoms with Crippen LogP contribution in [0.2, 0.25) is 0 Å². The maximum Gasteiger partial charge on any atom is 0.231 e. The first kappa shape index (κ1) is 7.67. The van der Waals surface area contributed by atoms with Crippen LogP contribution in [0.5, 0.6) is 11.5 Å². The molecule has 0 saturated carbocycles. The van der Waals surface area contributed by atoms with Gasteiger partial charge in [-0.3, -0.25) is 0 Å². The lowest BCUT2D eigenvalue weighted by Crippen LogP contribution is -2.36. The summed E-state index contributed by atoms with van der Waals surface area (Å²) in [4.78, 5) is 10.7. The van der Waals surface area contributed by atoms with Crippen LogP contribution in [0.25, 0.3) is 0 Å². The summed E-state index contributed by atoms with van der Waals surface area (Å²) < 4.78 is 10.3. The predicted molar refractivity (Wildman–Crippen MR) is 44.0 cm³/mol. The highest BCUT2D eigenvalue weighted by molar-refractivity contribution is 5.79. The zero-order valence-electron chi connectivity index (χ0n) is 7.28. The molecule has 72 valence electrons. The van der Waals surface area contributed by atoms with Crippen molar-refractivity contribution in [2.75, 3.05) is 6.79 Å². The average molecular weight is 191 g/mol. The Kier molecular flexibility index (Phi) is 1.32. The quantitative estimate of drug-likeness (QED) is 0.617. The van der Waals surface area contributed by atoms with E-state index in [4.69, 9.17) is 9.47 Å². The molecule has 0 fully saturated rings. The van der Waals surface area contributed by atoms with Gasteiger partial charge < -0.3 is 19.4 Å². The van der Waals surface area contributed by atoms with Crippen LogP contribution in [0, 0.1) is 0 Å². The van der Waals surface area contributed by atoms with Gasteiger partial charge in [-0.1, -0.05) is 0 Å². The second-order valence-electron chi connectivity index (χ2n) is 3.48. The third kappa shape index (κ3) is 0.852. The molecule has 0 unspecified atom stereocenters. The highest BCUT2D eigenvalue weighted by atomic mass is 16.7. The fourth-order valence-electron chi connectivity index (χ4n) is 1.91. The van der Waals surface area contributed by atoms with Crippen molar-refractivity contribution in [2.24, 2.45) is 0 Å². The lowest BCUT2D eigenvalue weighted by Gasteiger charge is -2.30. The number of fused-ring (bicyclic) bond motifs is 2. The molecule has 3 rings (SSSR count). The van der Waals surface area contributed by atoms with Gasteiger partial charge >= 0.3 is 0 Å². The number of ether oxygens (including phenoxy) is 2. The van der Waals surface area contributed by atoms with E-state index in [9.17, 15) is 9.90 Å². The first-order valence-corrected chi connectivity index (χ1v) is 4.39. The van der Waals surface area contributed by atoms with Crippen molar-refractivity contribution in [3.8, 4) is 11.5 Å². The lowest BCUT2D eigenvalue weighted by molar-refractivity contribution is -0.308. The van der Waals surface area contributed by atoms with Gasteiger partial charge in [0.1, 0.15) is 0 Å². The number of hydrogen-bond acceptors (Lipinski definition) is 4. The summed E-state index contributed by atoms with van der Waals surface area (Å²) >= 11 is 0. The minimum absolute atomic E-state index is 0.216. The zero-order chi connectivity index (χ0) is 9.71. The standard InChI is InChI=1S/C10H8O4/c11-10(12)7-1-5-2-8-9(3-6(5)7)14-4-13-8/h2-3,7H,1,4H2,(H,11,12)/p-1/t7-/m0/s1. The SMILES string of the molecule is O=C([O-])[C@H]1Cc2cc3c(cc21)OCO3. The summed E-state index contributed by atoms with van der Waals surface area (Å²) in [5, 5.41) is 10.7. The van der Waals surface area contributed by atoms with E-state index in [0.29, 0.717) is 17.9 Å². The highest BCUT2D eigenvalue weighted by Crippen LogP contribution is 2.43. The summed E-state index contributed by atoms with van der Waals surface area (Å²) in [6.45, 7) is 0.216. The molecule has 14 heavy (non-hydrogen) atoms. The summed E-state index contributed by atoms with van der Waals surface area (Å²) in [5.74, 6) is -0.147. The third-order valence-corrected chi connectivity index (χ3v) is 2.72. The molecular formula is C10H7O4-. The molecule has 1 aromatic carbocycles. The van der Waals surface area contributed by atoms with E-state index in [1.807, 2.05) is 6.07 Å².